The van der Waals surface area contributed by atoms with E-state index >= 15 is 0 Å². The fourth-order valence-corrected chi connectivity index (χ4v) is 3.71. The molecule has 0 aliphatic rings. The molecule has 4 aromatic rings. The number of thioether (sulfide) groups is 1. The first kappa shape index (κ1) is 19.6. The summed E-state index contributed by atoms with van der Waals surface area (Å²) in [5.41, 5.74) is 4.68. The molecule has 0 fully saturated rings. The van der Waals surface area contributed by atoms with Crippen molar-refractivity contribution in [3.8, 4) is 5.69 Å². The molecule has 148 valence electrons. The minimum Gasteiger partial charge on any atom is -0.292 e. The zero-order chi connectivity index (χ0) is 20.9. The molecule has 0 spiro atoms. The Morgan fingerprint density at radius 1 is 0.933 bits per heavy atom. The maximum absolute atomic E-state index is 13.2. The molecule has 0 bridgehead atoms. The minimum absolute atomic E-state index is 0.200. The maximum Gasteiger partial charge on any atom is 0.266 e. The topological polar surface area (TPSA) is 76.3 Å². The lowest BCUT2D eigenvalue weighted by molar-refractivity contribution is -0.110. The summed E-state index contributed by atoms with van der Waals surface area (Å²) >= 11 is 1.06. The zero-order valence-electron chi connectivity index (χ0n) is 16.1. The largest absolute Gasteiger partial charge is 0.292 e. The summed E-state index contributed by atoms with van der Waals surface area (Å²) in [5.74, 6) is -0.231. The third-order valence-electron chi connectivity index (χ3n) is 4.31. The van der Waals surface area contributed by atoms with Crippen LogP contribution >= 0.6 is 11.8 Å². The second-order valence-electron chi connectivity index (χ2n) is 6.44. The molecule has 0 radical (unpaired) electrons. The summed E-state index contributed by atoms with van der Waals surface area (Å²) in [5, 5.41) is 5.34. The molecule has 0 aliphatic carbocycles. The monoisotopic (exact) mass is 414 g/mol. The molecule has 1 aromatic heterocycles. The second kappa shape index (κ2) is 8.75. The van der Waals surface area contributed by atoms with E-state index in [1.807, 2.05) is 66.7 Å². The molecule has 30 heavy (non-hydrogen) atoms. The molecular weight excluding hydrogens is 396 g/mol. The van der Waals surface area contributed by atoms with Crippen molar-refractivity contribution < 1.29 is 4.79 Å². The van der Waals surface area contributed by atoms with Gasteiger partial charge in [-0.05, 0) is 48.2 Å². The summed E-state index contributed by atoms with van der Waals surface area (Å²) in [7, 11) is 0. The van der Waals surface area contributed by atoms with Crippen LogP contribution < -0.4 is 11.0 Å². The number of carbonyl (C=O) groups excluding carboxylic acids is 1. The Kier molecular flexibility index (Phi) is 5.72. The van der Waals surface area contributed by atoms with Gasteiger partial charge in [-0.15, -0.1) is 0 Å². The first-order chi connectivity index (χ1) is 14.6. The fraction of sp³-hybridized carbons (Fsp3) is 0.0435. The molecule has 0 aliphatic heterocycles. The van der Waals surface area contributed by atoms with E-state index in [1.54, 1.807) is 18.2 Å². The maximum atomic E-state index is 13.2. The van der Waals surface area contributed by atoms with Gasteiger partial charge in [-0.1, -0.05) is 48.5 Å². The van der Waals surface area contributed by atoms with Gasteiger partial charge < -0.3 is 0 Å². The van der Waals surface area contributed by atoms with Gasteiger partial charge in [0, 0.05) is 6.92 Å². The van der Waals surface area contributed by atoms with Crippen LogP contribution in [-0.2, 0) is 4.79 Å². The van der Waals surface area contributed by atoms with E-state index in [0.29, 0.717) is 21.7 Å². The van der Waals surface area contributed by atoms with Crippen LogP contribution in [0.1, 0.15) is 6.92 Å². The predicted molar refractivity (Wildman–Crippen MR) is 121 cm³/mol. The molecule has 0 saturated carbocycles. The number of nitrogens with one attached hydrogen (secondary N) is 1. The Labute approximate surface area is 177 Å². The van der Waals surface area contributed by atoms with E-state index in [-0.39, 0.29) is 16.4 Å². The molecule has 0 unspecified atom stereocenters. The smallest absolute Gasteiger partial charge is 0.266 e. The minimum atomic E-state index is -0.231. The number of anilines is 1. The zero-order valence-corrected chi connectivity index (χ0v) is 17.0. The number of fused-ring (bicyclic) bond motifs is 1. The fourth-order valence-electron chi connectivity index (χ4n) is 2.87. The summed E-state index contributed by atoms with van der Waals surface area (Å²) < 4.78 is 1.51. The highest BCUT2D eigenvalue weighted by Gasteiger charge is 2.18. The molecular formula is C23H18N4O2S. The van der Waals surface area contributed by atoms with Gasteiger partial charge in [0.2, 0.25) is 0 Å². The summed E-state index contributed by atoms with van der Waals surface area (Å²) in [6, 6.07) is 25.7. The Hall–Kier alpha value is -3.71. The quantitative estimate of drug-likeness (QED) is 0.171. The van der Waals surface area contributed by atoms with Crippen LogP contribution in [0.4, 0.5) is 5.69 Å². The number of ketones is 1. The highest BCUT2D eigenvalue weighted by molar-refractivity contribution is 8.15. The molecule has 1 N–H and O–H groups in total. The van der Waals surface area contributed by atoms with Gasteiger partial charge >= 0.3 is 0 Å². The van der Waals surface area contributed by atoms with Gasteiger partial charge in [0.1, 0.15) is 0 Å². The number of hydrogen-bond donors (Lipinski definition) is 1. The van der Waals surface area contributed by atoms with Gasteiger partial charge in [-0.2, -0.15) is 5.10 Å². The highest BCUT2D eigenvalue weighted by Crippen LogP contribution is 2.23. The summed E-state index contributed by atoms with van der Waals surface area (Å²) in [6.45, 7) is 1.44. The number of para-hydroxylation sites is 3. The first-order valence-corrected chi connectivity index (χ1v) is 10.1. The van der Waals surface area contributed by atoms with Crippen LogP contribution in [-0.4, -0.2) is 20.4 Å². The molecule has 0 amide bonds. The van der Waals surface area contributed by atoms with Crippen molar-refractivity contribution in [2.45, 2.75) is 12.1 Å². The lowest BCUT2D eigenvalue weighted by atomic mass is 10.2. The van der Waals surface area contributed by atoms with Crippen LogP contribution in [0.5, 0.6) is 0 Å². The molecule has 0 atom stereocenters. The van der Waals surface area contributed by atoms with Crippen molar-refractivity contribution in [1.82, 2.24) is 9.55 Å². The number of hydrazone groups is 1. The molecule has 1 heterocycles. The number of carbonyl (C=O) groups is 1. The lowest BCUT2D eigenvalue weighted by Crippen LogP contribution is -2.23. The first-order valence-electron chi connectivity index (χ1n) is 9.28. The van der Waals surface area contributed by atoms with Gasteiger partial charge in [-0.3, -0.25) is 19.6 Å². The van der Waals surface area contributed by atoms with Crippen molar-refractivity contribution in [3.05, 3.63) is 95.3 Å². The Morgan fingerprint density at radius 3 is 2.27 bits per heavy atom. The SMILES string of the molecule is CC(=O)/C(=N/Nc1ccccc1)Sc1nc2ccccc2c(=O)n1-c1ccccc1. The van der Waals surface area contributed by atoms with Gasteiger partial charge in [0.25, 0.3) is 5.56 Å². The van der Waals surface area contributed by atoms with E-state index in [1.165, 1.54) is 11.5 Å². The standard InChI is InChI=1S/C23H18N4O2S/c1-16(28)21(26-25-17-10-4-2-5-11-17)30-23-24-20-15-9-8-14-19(20)22(29)27(23)18-12-6-3-7-13-18/h2-15,25H,1H3/b26-21-. The van der Waals surface area contributed by atoms with Crippen molar-refractivity contribution in [2.75, 3.05) is 5.43 Å². The van der Waals surface area contributed by atoms with Crippen molar-refractivity contribution in [1.29, 1.82) is 0 Å². The number of benzene rings is 3. The molecule has 6 nitrogen and oxygen atoms in total. The van der Waals surface area contributed by atoms with Crippen LogP contribution in [0.25, 0.3) is 16.6 Å². The number of aromatic nitrogens is 2. The molecule has 4 rings (SSSR count). The average Bonchev–Trinajstić information content (AvgIpc) is 2.78. The third-order valence-corrected chi connectivity index (χ3v) is 5.34. The second-order valence-corrected chi connectivity index (χ2v) is 7.40. The summed E-state index contributed by atoms with van der Waals surface area (Å²) in [6.07, 6.45) is 0. The van der Waals surface area contributed by atoms with Gasteiger partial charge in [-0.25, -0.2) is 4.98 Å². The number of hydrogen-bond acceptors (Lipinski definition) is 6. The lowest BCUT2D eigenvalue weighted by Gasteiger charge is -2.13. The van der Waals surface area contributed by atoms with Crippen LogP contribution in [0.3, 0.4) is 0 Å². The third kappa shape index (κ3) is 4.16. The van der Waals surface area contributed by atoms with E-state index < -0.39 is 0 Å². The van der Waals surface area contributed by atoms with E-state index in [9.17, 15) is 9.59 Å². The normalized spacial score (nSPS) is 11.4. The van der Waals surface area contributed by atoms with E-state index in [0.717, 1.165) is 17.4 Å². The molecule has 0 saturated heterocycles. The summed E-state index contributed by atoms with van der Waals surface area (Å²) in [4.78, 5) is 30.2. The van der Waals surface area contributed by atoms with Crippen LogP contribution in [0.15, 0.2) is 100.0 Å². The molecule has 7 heteroatoms. The predicted octanol–water partition coefficient (Wildman–Crippen LogP) is 4.49. The van der Waals surface area contributed by atoms with E-state index in [4.69, 9.17) is 0 Å². The van der Waals surface area contributed by atoms with Crippen molar-refractivity contribution in [3.63, 3.8) is 0 Å². The Bertz CT molecular complexity index is 1290. The molecule has 3 aromatic carbocycles. The Balaban J connectivity index is 1.82. The number of rotatable bonds is 5. The average molecular weight is 414 g/mol. The van der Waals surface area contributed by atoms with Crippen molar-refractivity contribution >= 4 is 39.2 Å². The van der Waals surface area contributed by atoms with E-state index in [2.05, 4.69) is 15.5 Å². The van der Waals surface area contributed by atoms with Gasteiger partial charge in [0.05, 0.1) is 22.3 Å². The number of nitrogens with zero attached hydrogens (tertiary/aromatic N) is 3. The van der Waals surface area contributed by atoms with Crippen LogP contribution in [0.2, 0.25) is 0 Å². The van der Waals surface area contributed by atoms with Crippen LogP contribution in [0, 0.1) is 0 Å². The van der Waals surface area contributed by atoms with Gasteiger partial charge in [0.15, 0.2) is 16.0 Å². The Morgan fingerprint density at radius 2 is 1.57 bits per heavy atom. The van der Waals surface area contributed by atoms with Crippen molar-refractivity contribution in [2.24, 2.45) is 5.10 Å². The number of Topliss-reactive ketones (excluding diaryl/α,β-unsaturated/α-hetero) is 1. The highest BCUT2D eigenvalue weighted by atomic mass is 32.2.